The van der Waals surface area contributed by atoms with Crippen molar-refractivity contribution in [1.82, 2.24) is 0 Å². The Hall–Kier alpha value is -1.85. The van der Waals surface area contributed by atoms with Gasteiger partial charge in [0.15, 0.2) is 0 Å². The van der Waals surface area contributed by atoms with E-state index in [4.69, 9.17) is 16.7 Å². The van der Waals surface area contributed by atoms with Crippen LogP contribution in [0.2, 0.25) is 5.02 Å². The van der Waals surface area contributed by atoms with Crippen LogP contribution in [0.25, 0.3) is 0 Å². The van der Waals surface area contributed by atoms with Crippen LogP contribution in [0, 0.1) is 0 Å². The van der Waals surface area contributed by atoms with Crippen LogP contribution >= 0.6 is 22.9 Å². The molecule has 2 aromatic rings. The lowest BCUT2D eigenvalue weighted by atomic mass is 10.2. The van der Waals surface area contributed by atoms with Crippen LogP contribution in [-0.2, 0) is 16.0 Å². The summed E-state index contributed by atoms with van der Waals surface area (Å²) in [5.41, 5.74) is 0.526. The fraction of sp³-hybridized carbons (Fsp3) is 0.143. The van der Waals surface area contributed by atoms with E-state index in [1.165, 1.54) is 16.2 Å². The third-order valence-electron chi connectivity index (χ3n) is 2.64. The van der Waals surface area contributed by atoms with Gasteiger partial charge in [-0.05, 0) is 35.7 Å². The number of carbonyl (C=O) groups is 2. The number of amides is 1. The summed E-state index contributed by atoms with van der Waals surface area (Å²) in [5, 5.41) is 11.4. The molecule has 0 bridgehead atoms. The first-order chi connectivity index (χ1) is 9.56. The predicted octanol–water partition coefficient (Wildman–Crippen LogP) is 3.06. The summed E-state index contributed by atoms with van der Waals surface area (Å²) < 4.78 is 0. The molecule has 0 aliphatic heterocycles. The van der Waals surface area contributed by atoms with E-state index in [2.05, 4.69) is 0 Å². The normalized spacial score (nSPS) is 10.2. The van der Waals surface area contributed by atoms with Crippen molar-refractivity contribution >= 4 is 40.5 Å². The van der Waals surface area contributed by atoms with Crippen molar-refractivity contribution in [1.29, 1.82) is 0 Å². The second kappa shape index (κ2) is 6.54. The zero-order chi connectivity index (χ0) is 14.5. The number of hydrogen-bond acceptors (Lipinski definition) is 3. The number of thiophene rings is 1. The summed E-state index contributed by atoms with van der Waals surface area (Å²) in [6.07, 6.45) is 0.188. The second-order valence-corrected chi connectivity index (χ2v) is 5.57. The molecule has 20 heavy (non-hydrogen) atoms. The Kier molecular flexibility index (Phi) is 4.76. The highest BCUT2D eigenvalue weighted by Crippen LogP contribution is 2.20. The zero-order valence-corrected chi connectivity index (χ0v) is 12.0. The highest BCUT2D eigenvalue weighted by molar-refractivity contribution is 7.10. The molecule has 1 heterocycles. The number of nitrogens with zero attached hydrogens (tertiary/aromatic N) is 1. The molecule has 1 amide bonds. The lowest BCUT2D eigenvalue weighted by Crippen LogP contribution is -2.36. The van der Waals surface area contributed by atoms with Gasteiger partial charge < -0.3 is 10.0 Å². The lowest BCUT2D eigenvalue weighted by molar-refractivity contribution is -0.136. The van der Waals surface area contributed by atoms with Gasteiger partial charge in [-0.3, -0.25) is 9.59 Å². The lowest BCUT2D eigenvalue weighted by Gasteiger charge is -2.20. The van der Waals surface area contributed by atoms with Crippen LogP contribution in [-0.4, -0.2) is 23.5 Å². The minimum absolute atomic E-state index is 0.188. The summed E-state index contributed by atoms with van der Waals surface area (Å²) in [5.74, 6) is -1.31. The molecule has 104 valence electrons. The van der Waals surface area contributed by atoms with Crippen LogP contribution in [0.4, 0.5) is 5.69 Å². The summed E-state index contributed by atoms with van der Waals surface area (Å²) in [6.45, 7) is -0.369. The van der Waals surface area contributed by atoms with E-state index in [1.54, 1.807) is 24.3 Å². The summed E-state index contributed by atoms with van der Waals surface area (Å²) in [7, 11) is 0. The maximum Gasteiger partial charge on any atom is 0.323 e. The van der Waals surface area contributed by atoms with Crippen LogP contribution in [0.1, 0.15) is 4.88 Å². The first-order valence-electron chi connectivity index (χ1n) is 5.86. The number of rotatable bonds is 5. The van der Waals surface area contributed by atoms with E-state index in [0.717, 1.165) is 4.88 Å². The summed E-state index contributed by atoms with van der Waals surface area (Å²) in [4.78, 5) is 25.4. The molecule has 0 spiro atoms. The maximum absolute atomic E-state index is 12.3. The van der Waals surface area contributed by atoms with Gasteiger partial charge in [-0.25, -0.2) is 0 Å². The molecule has 1 N–H and O–H groups in total. The SMILES string of the molecule is O=C(O)CN(C(=O)Cc1cccs1)c1ccc(Cl)cc1. The quantitative estimate of drug-likeness (QED) is 0.923. The van der Waals surface area contributed by atoms with Crippen LogP contribution in [0.15, 0.2) is 41.8 Å². The van der Waals surface area contributed by atoms with Crippen molar-refractivity contribution in [2.24, 2.45) is 0 Å². The topological polar surface area (TPSA) is 57.6 Å². The van der Waals surface area contributed by atoms with E-state index in [0.29, 0.717) is 10.7 Å². The van der Waals surface area contributed by atoms with E-state index in [1.807, 2.05) is 17.5 Å². The number of anilines is 1. The number of carbonyl (C=O) groups excluding carboxylic acids is 1. The van der Waals surface area contributed by atoms with Crippen molar-refractivity contribution < 1.29 is 14.7 Å². The van der Waals surface area contributed by atoms with Crippen molar-refractivity contribution in [2.75, 3.05) is 11.4 Å². The number of hydrogen-bond donors (Lipinski definition) is 1. The van der Waals surface area contributed by atoms with Gasteiger partial charge in [0, 0.05) is 15.6 Å². The molecule has 0 saturated heterocycles. The number of carboxylic acids is 1. The first-order valence-corrected chi connectivity index (χ1v) is 7.12. The number of carboxylic acid groups (broad SMARTS) is 1. The molecule has 0 atom stereocenters. The Morgan fingerprint density at radius 2 is 1.90 bits per heavy atom. The maximum atomic E-state index is 12.3. The highest BCUT2D eigenvalue weighted by atomic mass is 35.5. The summed E-state index contributed by atoms with van der Waals surface area (Å²) in [6, 6.07) is 10.2. The largest absolute Gasteiger partial charge is 0.480 e. The average Bonchev–Trinajstić information content (AvgIpc) is 2.89. The number of halogens is 1. The van der Waals surface area contributed by atoms with E-state index in [9.17, 15) is 9.59 Å². The molecule has 0 fully saturated rings. The molecule has 1 aromatic heterocycles. The summed E-state index contributed by atoms with van der Waals surface area (Å²) >= 11 is 7.27. The minimum Gasteiger partial charge on any atom is -0.480 e. The second-order valence-electron chi connectivity index (χ2n) is 4.11. The van der Waals surface area contributed by atoms with Gasteiger partial charge in [-0.2, -0.15) is 0 Å². The Morgan fingerprint density at radius 1 is 1.20 bits per heavy atom. The molecule has 0 unspecified atom stereocenters. The molecule has 4 nitrogen and oxygen atoms in total. The average molecular weight is 310 g/mol. The fourth-order valence-electron chi connectivity index (χ4n) is 1.74. The Labute approximate surface area is 125 Å². The third-order valence-corrected chi connectivity index (χ3v) is 3.77. The minimum atomic E-state index is -1.06. The van der Waals surface area contributed by atoms with E-state index >= 15 is 0 Å². The molecule has 0 radical (unpaired) electrons. The number of benzene rings is 1. The van der Waals surface area contributed by atoms with Crippen molar-refractivity contribution in [3.05, 3.63) is 51.7 Å². The van der Waals surface area contributed by atoms with E-state index in [-0.39, 0.29) is 18.9 Å². The van der Waals surface area contributed by atoms with Gasteiger partial charge in [-0.15, -0.1) is 11.3 Å². The van der Waals surface area contributed by atoms with Gasteiger partial charge in [0.25, 0.3) is 0 Å². The van der Waals surface area contributed by atoms with Crippen LogP contribution in [0.5, 0.6) is 0 Å². The highest BCUT2D eigenvalue weighted by Gasteiger charge is 2.19. The zero-order valence-electron chi connectivity index (χ0n) is 10.5. The molecule has 0 aliphatic carbocycles. The molecular weight excluding hydrogens is 298 g/mol. The molecule has 1 aromatic carbocycles. The van der Waals surface area contributed by atoms with Gasteiger partial charge >= 0.3 is 5.97 Å². The predicted molar refractivity (Wildman–Crippen MR) is 79.5 cm³/mol. The van der Waals surface area contributed by atoms with Crippen molar-refractivity contribution in [2.45, 2.75) is 6.42 Å². The van der Waals surface area contributed by atoms with Crippen LogP contribution < -0.4 is 4.90 Å². The van der Waals surface area contributed by atoms with Gasteiger partial charge in [-0.1, -0.05) is 17.7 Å². The van der Waals surface area contributed by atoms with Gasteiger partial charge in [0.2, 0.25) is 5.91 Å². The van der Waals surface area contributed by atoms with Crippen molar-refractivity contribution in [3.63, 3.8) is 0 Å². The first kappa shape index (κ1) is 14.6. The van der Waals surface area contributed by atoms with Crippen LogP contribution in [0.3, 0.4) is 0 Å². The molecule has 0 aliphatic rings. The molecule has 6 heteroatoms. The fourth-order valence-corrected chi connectivity index (χ4v) is 2.56. The van der Waals surface area contributed by atoms with Gasteiger partial charge in [0.1, 0.15) is 6.54 Å². The molecule has 0 saturated carbocycles. The monoisotopic (exact) mass is 309 g/mol. The molecular formula is C14H12ClNO3S. The van der Waals surface area contributed by atoms with Gasteiger partial charge in [0.05, 0.1) is 6.42 Å². The smallest absolute Gasteiger partial charge is 0.323 e. The number of aliphatic carboxylic acids is 1. The van der Waals surface area contributed by atoms with E-state index < -0.39 is 5.97 Å². The standard InChI is InChI=1S/C14H12ClNO3S/c15-10-3-5-11(6-4-10)16(9-14(18)19)13(17)8-12-2-1-7-20-12/h1-7H,8-9H2,(H,18,19). The molecule has 2 rings (SSSR count). The van der Waals surface area contributed by atoms with Crippen molar-refractivity contribution in [3.8, 4) is 0 Å². The Bertz CT molecular complexity index is 595. The Balaban J connectivity index is 2.20. The Morgan fingerprint density at radius 3 is 2.45 bits per heavy atom. The third kappa shape index (κ3) is 3.82.